The molecule has 5 N–H and O–H groups in total. The molecule has 0 aliphatic rings. The molecule has 3 amide bonds. The number of amides is 3. The van der Waals surface area contributed by atoms with Crippen molar-refractivity contribution in [1.29, 1.82) is 0 Å². The summed E-state index contributed by atoms with van der Waals surface area (Å²) in [5.41, 5.74) is 6.18. The Morgan fingerprint density at radius 1 is 0.629 bits per heavy atom. The second-order valence-corrected chi connectivity index (χ2v) is 15.8. The normalized spacial score (nSPS) is 11.6. The molecular weight excluding hydrogens is 977 g/mol. The number of phenols is 2. The Balaban J connectivity index is 0.857. The van der Waals surface area contributed by atoms with Crippen molar-refractivity contribution in [2.45, 2.75) is 13.0 Å². The van der Waals surface area contributed by atoms with E-state index in [1.165, 1.54) is 48.5 Å². The number of carbonyl (C=O) groups excluding carboxylic acids is 3. The number of halogens is 4. The summed E-state index contributed by atoms with van der Waals surface area (Å²) in [5, 5.41) is 48.9. The van der Waals surface area contributed by atoms with Crippen molar-refractivity contribution < 1.29 is 52.2 Å². The molecule has 0 spiro atoms. The number of aromatic hydroxyl groups is 2. The largest absolute Gasteiger partial charge is 0.573 e. The highest BCUT2D eigenvalue weighted by atomic mass is 79.9. The molecule has 0 atom stereocenters. The number of oxime groups is 1. The number of anilines is 2. The molecule has 350 valence electrons. The Labute approximate surface area is 402 Å². The zero-order chi connectivity index (χ0) is 49.2. The number of ether oxygens (including phenoxy) is 1. The van der Waals surface area contributed by atoms with Gasteiger partial charge < -0.3 is 29.9 Å². The molecule has 0 aliphatic carbocycles. The molecule has 0 radical (unpaired) electrons. The number of alkyl halides is 3. The lowest BCUT2D eigenvalue weighted by atomic mass is 10.0. The summed E-state index contributed by atoms with van der Waals surface area (Å²) in [7, 11) is 0. The summed E-state index contributed by atoms with van der Waals surface area (Å²) in [6, 6.07) is 39.7. The number of carbonyl (C=O) groups is 3. The molecule has 20 heteroatoms. The van der Waals surface area contributed by atoms with Gasteiger partial charge in [-0.2, -0.15) is 10.2 Å². The van der Waals surface area contributed by atoms with Gasteiger partial charge in [-0.05, 0) is 126 Å². The first kappa shape index (κ1) is 47.3. The third-order valence-electron chi connectivity index (χ3n) is 10.0. The van der Waals surface area contributed by atoms with Crippen molar-refractivity contribution in [3.63, 3.8) is 0 Å². The molecule has 0 fully saturated rings. The molecule has 70 heavy (non-hydrogen) atoms. The van der Waals surface area contributed by atoms with Crippen LogP contribution in [0.4, 0.5) is 52.1 Å². The number of nitrogens with one attached hydrogen (secondary N) is 3. The van der Waals surface area contributed by atoms with Crippen LogP contribution in [-0.2, 0) is 16.3 Å². The average Bonchev–Trinajstić information content (AvgIpc) is 3.34. The van der Waals surface area contributed by atoms with Crippen molar-refractivity contribution in [2.24, 2.45) is 25.6 Å². The molecule has 0 saturated heterocycles. The molecule has 0 aromatic heterocycles. The molecule has 8 aromatic carbocycles. The zero-order valence-electron chi connectivity index (χ0n) is 35.9. The van der Waals surface area contributed by atoms with Crippen LogP contribution in [0.1, 0.15) is 31.8 Å². The maximum Gasteiger partial charge on any atom is 0.573 e. The van der Waals surface area contributed by atoms with Crippen molar-refractivity contribution in [3.8, 4) is 17.2 Å². The van der Waals surface area contributed by atoms with E-state index < -0.39 is 24.1 Å². The summed E-state index contributed by atoms with van der Waals surface area (Å²) in [6.07, 6.45) is -3.79. The van der Waals surface area contributed by atoms with Gasteiger partial charge in [-0.3, -0.25) is 14.9 Å². The number of urea groups is 1. The number of ketones is 1. The molecule has 0 aliphatic heterocycles. The van der Waals surface area contributed by atoms with E-state index in [1.54, 1.807) is 60.7 Å². The van der Waals surface area contributed by atoms with Gasteiger partial charge in [0.1, 0.15) is 35.2 Å². The van der Waals surface area contributed by atoms with Gasteiger partial charge in [0.25, 0.3) is 5.91 Å². The lowest BCUT2D eigenvalue weighted by Crippen LogP contribution is -2.34. The monoisotopic (exact) mass is 1010 g/mol. The van der Waals surface area contributed by atoms with Gasteiger partial charge in [-0.1, -0.05) is 63.6 Å². The van der Waals surface area contributed by atoms with Crippen LogP contribution in [0.15, 0.2) is 188 Å². The minimum Gasteiger partial charge on any atom is -0.506 e. The van der Waals surface area contributed by atoms with Crippen LogP contribution in [0.25, 0.3) is 21.5 Å². The second kappa shape index (κ2) is 21.2. The van der Waals surface area contributed by atoms with E-state index in [2.05, 4.69) is 62.4 Å². The summed E-state index contributed by atoms with van der Waals surface area (Å²) >= 11 is 3.39. The maximum atomic E-state index is 13.4. The van der Waals surface area contributed by atoms with Crippen LogP contribution >= 0.6 is 15.9 Å². The van der Waals surface area contributed by atoms with E-state index in [0.29, 0.717) is 38.7 Å². The Kier molecular flexibility index (Phi) is 14.3. The topological polar surface area (TPSA) is 217 Å². The first-order valence-electron chi connectivity index (χ1n) is 20.6. The van der Waals surface area contributed by atoms with E-state index in [0.717, 1.165) is 39.6 Å². The molecule has 8 aromatic rings. The standard InChI is InChI=1S/C50H34BrF3N8O8/c51-35-3-1-5-39(25-35)62-69-28-55-68-27-29-7-19-41-32(23-29)13-21-43(63)45(41)60-58-36-15-8-30(9-16-36)47(65)31-10-17-37(18-11-31)59-61-46-42-20-12-34(24-33(42)14-22-44(46)64)48(66)57-49(67)56-38-4-2-6-40(26-38)70-50(52,53)54/h1-26,28,62-64H,27H2,(H2,56,57,66,67). The van der Waals surface area contributed by atoms with Gasteiger partial charge in [0.15, 0.2) is 5.78 Å². The Morgan fingerprint density at radius 3 is 1.84 bits per heavy atom. The second-order valence-electron chi connectivity index (χ2n) is 14.9. The lowest BCUT2D eigenvalue weighted by molar-refractivity contribution is -0.274. The number of rotatable bonds is 15. The number of fused-ring (bicyclic) bond motifs is 2. The van der Waals surface area contributed by atoms with E-state index >= 15 is 0 Å². The minimum atomic E-state index is -4.93. The first-order chi connectivity index (χ1) is 33.7. The van der Waals surface area contributed by atoms with E-state index in [9.17, 15) is 37.8 Å². The summed E-state index contributed by atoms with van der Waals surface area (Å²) in [4.78, 5) is 49.3. The summed E-state index contributed by atoms with van der Waals surface area (Å²) in [6.45, 7) is 0.158. The number of hydrogen-bond acceptors (Lipinski definition) is 14. The fraction of sp³-hybridized carbons (Fsp3) is 0.0400. The van der Waals surface area contributed by atoms with E-state index in [1.807, 2.05) is 36.4 Å². The van der Waals surface area contributed by atoms with Crippen molar-refractivity contribution in [2.75, 3.05) is 10.8 Å². The quantitative estimate of drug-likeness (QED) is 0.0217. The molecular formula is C50H34BrF3N8O8. The Morgan fingerprint density at radius 2 is 1.21 bits per heavy atom. The molecule has 0 saturated carbocycles. The highest BCUT2D eigenvalue weighted by Crippen LogP contribution is 2.38. The predicted octanol–water partition coefficient (Wildman–Crippen LogP) is 13.6. The van der Waals surface area contributed by atoms with Gasteiger partial charge in [-0.15, -0.1) is 23.4 Å². The molecule has 0 heterocycles. The maximum absolute atomic E-state index is 13.4. The molecule has 0 unspecified atom stereocenters. The van der Waals surface area contributed by atoms with E-state index in [-0.39, 0.29) is 46.5 Å². The SMILES string of the molecule is O=C(NC(=O)c1ccc2c(N=Nc3ccc(C(=O)c4ccc(N=Nc5c(O)ccc6cc(CON=CONc7cccc(Br)c7)ccc56)cc4)cc3)c(O)ccc2c1)Nc1cccc(OC(F)(F)F)c1. The minimum absolute atomic E-state index is 0.0502. The summed E-state index contributed by atoms with van der Waals surface area (Å²) in [5.74, 6) is -1.92. The Bertz CT molecular complexity index is 3350. The zero-order valence-corrected chi connectivity index (χ0v) is 37.5. The first-order valence-corrected chi connectivity index (χ1v) is 21.4. The van der Waals surface area contributed by atoms with Gasteiger partial charge in [0.05, 0.1) is 17.1 Å². The van der Waals surface area contributed by atoms with Crippen LogP contribution in [0, 0.1) is 0 Å². The summed E-state index contributed by atoms with van der Waals surface area (Å²) < 4.78 is 42.5. The fourth-order valence-corrected chi connectivity index (χ4v) is 7.15. The van der Waals surface area contributed by atoms with Crippen LogP contribution in [0.5, 0.6) is 17.2 Å². The number of phenolic OH excluding ortho intramolecular Hbond substituents is 2. The molecule has 16 nitrogen and oxygen atoms in total. The average molecular weight is 1010 g/mol. The van der Waals surface area contributed by atoms with Crippen molar-refractivity contribution in [3.05, 3.63) is 184 Å². The van der Waals surface area contributed by atoms with Crippen LogP contribution < -0.4 is 20.9 Å². The number of hydrogen-bond donors (Lipinski definition) is 5. The van der Waals surface area contributed by atoms with E-state index in [4.69, 9.17) is 9.68 Å². The van der Waals surface area contributed by atoms with Crippen LogP contribution in [-0.4, -0.2) is 40.7 Å². The highest BCUT2D eigenvalue weighted by Gasteiger charge is 2.31. The number of nitrogens with zero attached hydrogens (tertiary/aromatic N) is 5. The smallest absolute Gasteiger partial charge is 0.506 e. The van der Waals surface area contributed by atoms with Crippen molar-refractivity contribution >= 4 is 95.7 Å². The number of azo groups is 2. The predicted molar refractivity (Wildman–Crippen MR) is 258 cm³/mol. The van der Waals surface area contributed by atoms with Gasteiger partial charge >= 0.3 is 12.4 Å². The third-order valence-corrected chi connectivity index (χ3v) is 10.5. The molecule has 8 rings (SSSR count). The number of imide groups is 1. The molecule has 0 bridgehead atoms. The van der Waals surface area contributed by atoms with Crippen LogP contribution in [0.3, 0.4) is 0 Å². The van der Waals surface area contributed by atoms with Gasteiger partial charge in [0.2, 0.25) is 6.40 Å². The third kappa shape index (κ3) is 12.2. The van der Waals surface area contributed by atoms with Crippen LogP contribution in [0.2, 0.25) is 0 Å². The lowest BCUT2D eigenvalue weighted by Gasteiger charge is -2.11. The van der Waals surface area contributed by atoms with Crippen molar-refractivity contribution in [1.82, 2.24) is 5.32 Å². The number of benzene rings is 8. The fourth-order valence-electron chi connectivity index (χ4n) is 6.75. The van der Waals surface area contributed by atoms with Gasteiger partial charge in [-0.25, -0.2) is 10.3 Å². The van der Waals surface area contributed by atoms with Gasteiger partial charge in [0, 0.05) is 43.7 Å². The highest BCUT2D eigenvalue weighted by molar-refractivity contribution is 9.10. The Hall–Kier alpha value is -9.17.